The highest BCUT2D eigenvalue weighted by molar-refractivity contribution is 6.31. The molecule has 2 aromatic carbocycles. The van der Waals surface area contributed by atoms with Gasteiger partial charge in [0.1, 0.15) is 12.4 Å². The van der Waals surface area contributed by atoms with Crippen LogP contribution in [0.5, 0.6) is 23.0 Å². The minimum absolute atomic E-state index is 0.203. The second-order valence-corrected chi connectivity index (χ2v) is 5.77. The van der Waals surface area contributed by atoms with Crippen LogP contribution < -0.4 is 23.8 Å². The third-order valence-electron chi connectivity index (χ3n) is 3.94. The number of benzene rings is 2. The van der Waals surface area contributed by atoms with Gasteiger partial charge in [-0.2, -0.15) is 0 Å². The van der Waals surface area contributed by atoms with Gasteiger partial charge in [-0.3, -0.25) is 4.79 Å². The van der Waals surface area contributed by atoms with Crippen LogP contribution in [0.25, 0.3) is 0 Å². The molecule has 2 aromatic rings. The summed E-state index contributed by atoms with van der Waals surface area (Å²) in [4.78, 5) is 14.7. The summed E-state index contributed by atoms with van der Waals surface area (Å²) in [6, 6.07) is 8.46. The standard InChI is InChI=1S/C18H18ClNO5/c1-22-15-8-11(9-16(23-2)17(15)24-3)18(21)20-6-7-25-14-5-4-12(19)10-13(14)20/h4-5,8-10H,6-7H2,1-3H3. The summed E-state index contributed by atoms with van der Waals surface area (Å²) < 4.78 is 21.5. The molecule has 0 aromatic heterocycles. The molecule has 1 amide bonds. The first-order valence-electron chi connectivity index (χ1n) is 7.63. The summed E-state index contributed by atoms with van der Waals surface area (Å²) in [5.74, 6) is 1.70. The van der Waals surface area contributed by atoms with E-state index in [-0.39, 0.29) is 5.91 Å². The summed E-state index contributed by atoms with van der Waals surface area (Å²) in [5, 5.41) is 0.534. The van der Waals surface area contributed by atoms with E-state index in [2.05, 4.69) is 0 Å². The Morgan fingerprint density at radius 2 is 1.76 bits per heavy atom. The molecule has 0 fully saturated rings. The third-order valence-corrected chi connectivity index (χ3v) is 4.18. The summed E-state index contributed by atoms with van der Waals surface area (Å²) in [6.45, 7) is 0.827. The van der Waals surface area contributed by atoms with Gasteiger partial charge in [-0.15, -0.1) is 0 Å². The normalized spacial score (nSPS) is 12.9. The van der Waals surface area contributed by atoms with Crippen LogP contribution in [-0.2, 0) is 0 Å². The van der Waals surface area contributed by atoms with E-state index < -0.39 is 0 Å². The van der Waals surface area contributed by atoms with Crippen molar-refractivity contribution >= 4 is 23.2 Å². The summed E-state index contributed by atoms with van der Waals surface area (Å²) >= 11 is 6.08. The summed E-state index contributed by atoms with van der Waals surface area (Å²) in [7, 11) is 4.53. The van der Waals surface area contributed by atoms with Gasteiger partial charge in [0.25, 0.3) is 5.91 Å². The van der Waals surface area contributed by atoms with Gasteiger partial charge in [-0.05, 0) is 30.3 Å². The molecule has 0 saturated heterocycles. The number of hydrogen-bond donors (Lipinski definition) is 0. The van der Waals surface area contributed by atoms with Crippen LogP contribution in [-0.4, -0.2) is 40.4 Å². The zero-order valence-corrected chi connectivity index (χ0v) is 14.9. The van der Waals surface area contributed by atoms with Crippen LogP contribution >= 0.6 is 11.6 Å². The quantitative estimate of drug-likeness (QED) is 0.833. The molecular formula is C18H18ClNO5. The SMILES string of the molecule is COc1cc(C(=O)N2CCOc3ccc(Cl)cc32)cc(OC)c1OC. The first-order valence-corrected chi connectivity index (χ1v) is 8.01. The van der Waals surface area contributed by atoms with Crippen LogP contribution in [0.15, 0.2) is 30.3 Å². The fraction of sp³-hybridized carbons (Fsp3) is 0.278. The number of fused-ring (bicyclic) bond motifs is 1. The number of anilines is 1. The van der Waals surface area contributed by atoms with Gasteiger partial charge in [0.15, 0.2) is 11.5 Å². The maximum absolute atomic E-state index is 13.1. The fourth-order valence-corrected chi connectivity index (χ4v) is 2.93. The van der Waals surface area contributed by atoms with Gasteiger partial charge in [0.2, 0.25) is 5.75 Å². The maximum atomic E-state index is 13.1. The average Bonchev–Trinajstić information content (AvgIpc) is 2.65. The fourth-order valence-electron chi connectivity index (χ4n) is 2.76. The van der Waals surface area contributed by atoms with Gasteiger partial charge in [-0.1, -0.05) is 11.6 Å². The number of carbonyl (C=O) groups is 1. The molecule has 25 heavy (non-hydrogen) atoms. The Balaban J connectivity index is 2.04. The highest BCUT2D eigenvalue weighted by Crippen LogP contribution is 2.40. The van der Waals surface area contributed by atoms with Crippen LogP contribution in [0.3, 0.4) is 0 Å². The summed E-state index contributed by atoms with van der Waals surface area (Å²) in [6.07, 6.45) is 0. The van der Waals surface area contributed by atoms with Crippen molar-refractivity contribution in [3.05, 3.63) is 40.9 Å². The molecule has 0 aliphatic carbocycles. The maximum Gasteiger partial charge on any atom is 0.258 e. The van der Waals surface area contributed by atoms with Crippen molar-refractivity contribution in [1.82, 2.24) is 0 Å². The number of methoxy groups -OCH3 is 3. The Morgan fingerprint density at radius 1 is 1.08 bits per heavy atom. The van der Waals surface area contributed by atoms with Gasteiger partial charge in [-0.25, -0.2) is 0 Å². The molecule has 0 saturated carbocycles. The number of ether oxygens (including phenoxy) is 4. The van der Waals surface area contributed by atoms with E-state index in [0.29, 0.717) is 52.4 Å². The van der Waals surface area contributed by atoms with Crippen molar-refractivity contribution in [2.75, 3.05) is 39.4 Å². The van der Waals surface area contributed by atoms with Gasteiger partial charge < -0.3 is 23.8 Å². The molecule has 132 valence electrons. The third kappa shape index (κ3) is 3.17. The second kappa shape index (κ2) is 7.11. The molecule has 0 spiro atoms. The topological polar surface area (TPSA) is 57.2 Å². The first kappa shape index (κ1) is 17.2. The molecule has 1 aliphatic rings. The Hall–Kier alpha value is -2.60. The number of amides is 1. The van der Waals surface area contributed by atoms with Gasteiger partial charge in [0.05, 0.1) is 33.6 Å². The predicted molar refractivity (Wildman–Crippen MR) is 94.7 cm³/mol. The molecule has 6 nitrogen and oxygen atoms in total. The van der Waals surface area contributed by atoms with E-state index in [9.17, 15) is 4.79 Å². The largest absolute Gasteiger partial charge is 0.493 e. The number of nitrogens with zero attached hydrogens (tertiary/aromatic N) is 1. The first-order chi connectivity index (χ1) is 12.1. The van der Waals surface area contributed by atoms with Crippen LogP contribution in [0.1, 0.15) is 10.4 Å². The number of rotatable bonds is 4. The molecule has 0 bridgehead atoms. The average molecular weight is 364 g/mol. The van der Waals surface area contributed by atoms with E-state index in [0.717, 1.165) is 0 Å². The summed E-state index contributed by atoms with van der Waals surface area (Å²) in [5.41, 5.74) is 1.06. The van der Waals surface area contributed by atoms with Crippen molar-refractivity contribution in [3.63, 3.8) is 0 Å². The molecule has 0 radical (unpaired) electrons. The zero-order valence-electron chi connectivity index (χ0n) is 14.2. The molecule has 1 heterocycles. The number of halogens is 1. The number of carbonyl (C=O) groups excluding carboxylic acids is 1. The molecule has 0 N–H and O–H groups in total. The van der Waals surface area contributed by atoms with Crippen molar-refractivity contribution in [3.8, 4) is 23.0 Å². The zero-order chi connectivity index (χ0) is 18.0. The lowest BCUT2D eigenvalue weighted by atomic mass is 10.1. The van der Waals surface area contributed by atoms with E-state index >= 15 is 0 Å². The van der Waals surface area contributed by atoms with Crippen molar-refractivity contribution in [2.45, 2.75) is 0 Å². The Labute approximate surface area is 150 Å². The Morgan fingerprint density at radius 3 is 2.36 bits per heavy atom. The minimum atomic E-state index is -0.203. The van der Waals surface area contributed by atoms with Crippen LogP contribution in [0, 0.1) is 0 Å². The smallest absolute Gasteiger partial charge is 0.258 e. The van der Waals surface area contributed by atoms with E-state index in [1.54, 1.807) is 35.2 Å². The highest BCUT2D eigenvalue weighted by atomic mass is 35.5. The monoisotopic (exact) mass is 363 g/mol. The molecule has 0 atom stereocenters. The molecule has 3 rings (SSSR count). The molecular weight excluding hydrogens is 346 g/mol. The molecule has 0 unspecified atom stereocenters. The van der Waals surface area contributed by atoms with Gasteiger partial charge in [0, 0.05) is 10.6 Å². The van der Waals surface area contributed by atoms with Crippen LogP contribution in [0.2, 0.25) is 5.02 Å². The van der Waals surface area contributed by atoms with E-state index in [1.165, 1.54) is 21.3 Å². The lowest BCUT2D eigenvalue weighted by Gasteiger charge is -2.30. The Kier molecular flexibility index (Phi) is 4.90. The lowest BCUT2D eigenvalue weighted by Crippen LogP contribution is -2.38. The number of hydrogen-bond acceptors (Lipinski definition) is 5. The van der Waals surface area contributed by atoms with Crippen molar-refractivity contribution in [2.24, 2.45) is 0 Å². The van der Waals surface area contributed by atoms with Gasteiger partial charge >= 0.3 is 0 Å². The minimum Gasteiger partial charge on any atom is -0.493 e. The highest BCUT2D eigenvalue weighted by Gasteiger charge is 2.27. The second-order valence-electron chi connectivity index (χ2n) is 5.33. The lowest BCUT2D eigenvalue weighted by molar-refractivity contribution is 0.0976. The van der Waals surface area contributed by atoms with Crippen molar-refractivity contribution < 1.29 is 23.7 Å². The van der Waals surface area contributed by atoms with E-state index in [1.807, 2.05) is 0 Å². The molecule has 1 aliphatic heterocycles. The Bertz CT molecular complexity index is 783. The van der Waals surface area contributed by atoms with Crippen LogP contribution in [0.4, 0.5) is 5.69 Å². The van der Waals surface area contributed by atoms with Crippen molar-refractivity contribution in [1.29, 1.82) is 0 Å². The molecule has 7 heteroatoms. The van der Waals surface area contributed by atoms with E-state index in [4.69, 9.17) is 30.5 Å². The predicted octanol–water partition coefficient (Wildman–Crippen LogP) is 3.41.